The minimum Gasteiger partial charge on any atom is -0.365 e. The monoisotopic (exact) mass is 291 g/mol. The first-order valence-electron chi connectivity index (χ1n) is 4.98. The molecule has 15 heavy (non-hydrogen) atoms. The van der Waals surface area contributed by atoms with E-state index in [-0.39, 0.29) is 17.7 Å². The van der Waals surface area contributed by atoms with E-state index in [4.69, 9.17) is 10.5 Å². The molecule has 2 nitrogen and oxygen atoms in total. The van der Waals surface area contributed by atoms with Gasteiger partial charge >= 0.3 is 0 Å². The topological polar surface area (TPSA) is 35.2 Å². The number of nitrogens with two attached hydrogens (primary N) is 1. The van der Waals surface area contributed by atoms with Crippen LogP contribution in [0.15, 0.2) is 15.9 Å². The lowest BCUT2D eigenvalue weighted by Gasteiger charge is -2.29. The number of thiophene rings is 1. The highest BCUT2D eigenvalue weighted by Crippen LogP contribution is 2.33. The van der Waals surface area contributed by atoms with E-state index < -0.39 is 0 Å². The maximum Gasteiger partial charge on any atom is 0.107 e. The Morgan fingerprint density at radius 1 is 1.40 bits per heavy atom. The number of halogens is 1. The Bertz CT molecular complexity index is 317. The van der Waals surface area contributed by atoms with Gasteiger partial charge in [0.05, 0.1) is 9.39 Å². The standard InChI is InChI=1S/C11H18BrNOS/c1-7(13)10(14-11(2,3)4)8-5-6-9(12)15-8/h5-7,10H,13H2,1-4H3. The first-order chi connectivity index (χ1) is 6.79. The number of rotatable bonds is 3. The SMILES string of the molecule is CC(N)C(OC(C)(C)C)c1ccc(Br)s1. The van der Waals surface area contributed by atoms with Gasteiger partial charge in [-0.05, 0) is 55.8 Å². The Morgan fingerprint density at radius 2 is 2.00 bits per heavy atom. The predicted molar refractivity (Wildman–Crippen MR) is 69.2 cm³/mol. The molecule has 0 aromatic carbocycles. The summed E-state index contributed by atoms with van der Waals surface area (Å²) in [5.74, 6) is 0. The Hall–Kier alpha value is 0.1000. The van der Waals surface area contributed by atoms with Crippen LogP contribution < -0.4 is 5.73 Å². The summed E-state index contributed by atoms with van der Waals surface area (Å²) in [6, 6.07) is 4.09. The highest BCUT2D eigenvalue weighted by atomic mass is 79.9. The van der Waals surface area contributed by atoms with Crippen molar-refractivity contribution in [3.05, 3.63) is 20.8 Å². The molecule has 0 spiro atoms. The summed E-state index contributed by atoms with van der Waals surface area (Å²) in [4.78, 5) is 1.17. The van der Waals surface area contributed by atoms with Crippen molar-refractivity contribution in [3.63, 3.8) is 0 Å². The Morgan fingerprint density at radius 3 is 2.33 bits per heavy atom. The van der Waals surface area contributed by atoms with Crippen LogP contribution >= 0.6 is 27.3 Å². The van der Waals surface area contributed by atoms with Gasteiger partial charge in [0.25, 0.3) is 0 Å². The molecule has 0 saturated carbocycles. The van der Waals surface area contributed by atoms with Gasteiger partial charge in [-0.25, -0.2) is 0 Å². The zero-order valence-electron chi connectivity index (χ0n) is 9.58. The number of ether oxygens (including phenoxy) is 1. The van der Waals surface area contributed by atoms with E-state index in [1.54, 1.807) is 11.3 Å². The van der Waals surface area contributed by atoms with Crippen molar-refractivity contribution in [1.82, 2.24) is 0 Å². The zero-order valence-corrected chi connectivity index (χ0v) is 12.0. The Balaban J connectivity index is 2.84. The molecule has 0 aliphatic heterocycles. The molecule has 86 valence electrons. The van der Waals surface area contributed by atoms with E-state index in [9.17, 15) is 0 Å². The third kappa shape index (κ3) is 4.23. The van der Waals surface area contributed by atoms with Crippen molar-refractivity contribution < 1.29 is 4.74 Å². The fourth-order valence-corrected chi connectivity index (χ4v) is 2.86. The highest BCUT2D eigenvalue weighted by Gasteiger charge is 2.24. The van der Waals surface area contributed by atoms with Gasteiger partial charge in [-0.15, -0.1) is 11.3 Å². The molecule has 1 aromatic heterocycles. The molecular weight excluding hydrogens is 274 g/mol. The van der Waals surface area contributed by atoms with Crippen molar-refractivity contribution in [2.75, 3.05) is 0 Å². The molecule has 0 aliphatic rings. The second-order valence-corrected chi connectivity index (χ2v) is 7.15. The number of hydrogen-bond donors (Lipinski definition) is 1. The normalized spacial score (nSPS) is 16.4. The Kier molecular flexibility index (Phi) is 4.35. The maximum absolute atomic E-state index is 5.96. The summed E-state index contributed by atoms with van der Waals surface area (Å²) < 4.78 is 7.07. The molecule has 4 heteroatoms. The van der Waals surface area contributed by atoms with E-state index in [2.05, 4.69) is 22.0 Å². The molecule has 0 fully saturated rings. The fraction of sp³-hybridized carbons (Fsp3) is 0.636. The van der Waals surface area contributed by atoms with Gasteiger partial charge in [0, 0.05) is 10.9 Å². The smallest absolute Gasteiger partial charge is 0.107 e. The van der Waals surface area contributed by atoms with Crippen LogP contribution in [-0.2, 0) is 4.74 Å². The van der Waals surface area contributed by atoms with Crippen LogP contribution in [0, 0.1) is 0 Å². The second-order valence-electron chi connectivity index (χ2n) is 4.65. The van der Waals surface area contributed by atoms with Crippen molar-refractivity contribution >= 4 is 27.3 Å². The summed E-state index contributed by atoms with van der Waals surface area (Å²) >= 11 is 5.13. The number of hydrogen-bond acceptors (Lipinski definition) is 3. The average molecular weight is 292 g/mol. The second kappa shape index (κ2) is 4.95. The van der Waals surface area contributed by atoms with Gasteiger partial charge in [-0.3, -0.25) is 0 Å². The zero-order chi connectivity index (χ0) is 11.6. The van der Waals surface area contributed by atoms with Crippen LogP contribution in [0.2, 0.25) is 0 Å². The lowest BCUT2D eigenvalue weighted by molar-refractivity contribution is -0.0685. The molecular formula is C11H18BrNOS. The van der Waals surface area contributed by atoms with E-state index in [1.165, 1.54) is 4.88 Å². The van der Waals surface area contributed by atoms with Crippen LogP contribution in [0.1, 0.15) is 38.7 Å². The summed E-state index contributed by atoms with van der Waals surface area (Å²) in [7, 11) is 0. The van der Waals surface area contributed by atoms with Crippen molar-refractivity contribution in [2.24, 2.45) is 5.73 Å². The third-order valence-corrected chi connectivity index (χ3v) is 3.52. The highest BCUT2D eigenvalue weighted by molar-refractivity contribution is 9.11. The molecule has 2 atom stereocenters. The van der Waals surface area contributed by atoms with Gasteiger partial charge in [0.15, 0.2) is 0 Å². The van der Waals surface area contributed by atoms with Crippen molar-refractivity contribution in [3.8, 4) is 0 Å². The molecule has 2 N–H and O–H groups in total. The van der Waals surface area contributed by atoms with Crippen LogP contribution in [0.4, 0.5) is 0 Å². The Labute approximate surface area is 104 Å². The quantitative estimate of drug-likeness (QED) is 0.921. The minimum absolute atomic E-state index is 0.00484. The fourth-order valence-electron chi connectivity index (χ4n) is 1.29. The summed E-state index contributed by atoms with van der Waals surface area (Å²) in [6.07, 6.45) is -0.0266. The molecule has 2 unspecified atom stereocenters. The first-order valence-corrected chi connectivity index (χ1v) is 6.59. The van der Waals surface area contributed by atoms with E-state index >= 15 is 0 Å². The van der Waals surface area contributed by atoms with Gasteiger partial charge in [-0.2, -0.15) is 0 Å². The molecule has 1 heterocycles. The van der Waals surface area contributed by atoms with Gasteiger partial charge < -0.3 is 10.5 Å². The van der Waals surface area contributed by atoms with Crippen LogP contribution in [0.25, 0.3) is 0 Å². The van der Waals surface area contributed by atoms with Crippen LogP contribution in [-0.4, -0.2) is 11.6 Å². The summed E-state index contributed by atoms with van der Waals surface area (Å²) in [5.41, 5.74) is 5.78. The van der Waals surface area contributed by atoms with Crippen LogP contribution in [0.3, 0.4) is 0 Å². The average Bonchev–Trinajstić information content (AvgIpc) is 2.45. The van der Waals surface area contributed by atoms with Crippen LogP contribution in [0.5, 0.6) is 0 Å². The van der Waals surface area contributed by atoms with Crippen molar-refractivity contribution in [1.29, 1.82) is 0 Å². The molecule has 0 aliphatic carbocycles. The maximum atomic E-state index is 5.96. The van der Waals surface area contributed by atoms with Gasteiger partial charge in [0.1, 0.15) is 6.10 Å². The lowest BCUT2D eigenvalue weighted by atomic mass is 10.1. The van der Waals surface area contributed by atoms with E-state index in [1.807, 2.05) is 33.8 Å². The van der Waals surface area contributed by atoms with Gasteiger partial charge in [0.2, 0.25) is 0 Å². The minimum atomic E-state index is -0.172. The molecule has 0 saturated heterocycles. The predicted octanol–water partition coefficient (Wildman–Crippen LogP) is 3.71. The molecule has 0 radical (unpaired) electrons. The molecule has 0 bridgehead atoms. The molecule has 0 amide bonds. The third-order valence-electron chi connectivity index (χ3n) is 1.83. The largest absolute Gasteiger partial charge is 0.365 e. The molecule has 1 rings (SSSR count). The van der Waals surface area contributed by atoms with Gasteiger partial charge in [-0.1, -0.05) is 0 Å². The summed E-state index contributed by atoms with van der Waals surface area (Å²) in [5, 5.41) is 0. The van der Waals surface area contributed by atoms with E-state index in [0.717, 1.165) is 3.79 Å². The van der Waals surface area contributed by atoms with Crippen molar-refractivity contribution in [2.45, 2.75) is 45.4 Å². The summed E-state index contributed by atoms with van der Waals surface area (Å²) in [6.45, 7) is 8.12. The van der Waals surface area contributed by atoms with E-state index in [0.29, 0.717) is 0 Å². The molecule has 1 aromatic rings. The first kappa shape index (κ1) is 13.2. The lowest BCUT2D eigenvalue weighted by Crippen LogP contribution is -2.32.